The van der Waals surface area contributed by atoms with Crippen LogP contribution in [0.15, 0.2) is 53.4 Å². The molecular weight excluding hydrogens is 372 g/mol. The summed E-state index contributed by atoms with van der Waals surface area (Å²) in [6.07, 6.45) is -1.08. The van der Waals surface area contributed by atoms with Gasteiger partial charge in [0.15, 0.2) is 6.10 Å². The Bertz CT molecular complexity index is 925. The first-order valence-electron chi connectivity index (χ1n) is 8.09. The van der Waals surface area contributed by atoms with Crippen molar-refractivity contribution in [3.63, 3.8) is 0 Å². The standard InChI is InChI=1S/C18H20N2O6S/c1-3-25-16-7-5-4-6-15(16)18(22)26-12(2)17(21)20-13-8-10-14(11-9-13)27(19,23)24/h4-12H,3H2,1-2H3,(H,20,21)(H2,19,23,24)/t12-/m0/s1. The largest absolute Gasteiger partial charge is 0.493 e. The van der Waals surface area contributed by atoms with E-state index in [1.807, 2.05) is 0 Å². The minimum Gasteiger partial charge on any atom is -0.493 e. The molecule has 0 unspecified atom stereocenters. The van der Waals surface area contributed by atoms with Crippen molar-refractivity contribution in [1.82, 2.24) is 0 Å². The maximum Gasteiger partial charge on any atom is 0.342 e. The Morgan fingerprint density at radius 3 is 2.33 bits per heavy atom. The minimum absolute atomic E-state index is 0.0764. The number of amides is 1. The zero-order valence-electron chi connectivity index (χ0n) is 14.8. The molecule has 2 aromatic rings. The number of esters is 1. The summed E-state index contributed by atoms with van der Waals surface area (Å²) in [4.78, 5) is 24.4. The highest BCUT2D eigenvalue weighted by molar-refractivity contribution is 7.89. The monoisotopic (exact) mass is 392 g/mol. The predicted octanol–water partition coefficient (Wildman–Crippen LogP) is 1.92. The normalized spacial score (nSPS) is 12.1. The average Bonchev–Trinajstić information content (AvgIpc) is 2.62. The molecule has 0 radical (unpaired) electrons. The highest BCUT2D eigenvalue weighted by atomic mass is 32.2. The summed E-state index contributed by atoms with van der Waals surface area (Å²) in [6, 6.07) is 11.9. The Morgan fingerprint density at radius 1 is 1.11 bits per heavy atom. The van der Waals surface area contributed by atoms with Gasteiger partial charge >= 0.3 is 5.97 Å². The number of primary sulfonamides is 1. The van der Waals surface area contributed by atoms with Crippen LogP contribution >= 0.6 is 0 Å². The number of carbonyl (C=O) groups excluding carboxylic acids is 2. The summed E-state index contributed by atoms with van der Waals surface area (Å²) < 4.78 is 33.0. The maximum atomic E-state index is 12.3. The maximum absolute atomic E-state index is 12.3. The summed E-state index contributed by atoms with van der Waals surface area (Å²) in [7, 11) is -3.81. The van der Waals surface area contributed by atoms with Gasteiger partial charge in [-0.15, -0.1) is 0 Å². The molecule has 0 spiro atoms. The SMILES string of the molecule is CCOc1ccccc1C(=O)O[C@@H](C)C(=O)Nc1ccc(S(N)(=O)=O)cc1. The third-order valence-corrected chi connectivity index (χ3v) is 4.44. The van der Waals surface area contributed by atoms with Crippen LogP contribution in [0, 0.1) is 0 Å². The Morgan fingerprint density at radius 2 is 1.74 bits per heavy atom. The Labute approximate surface area is 157 Å². The number of hydrogen-bond donors (Lipinski definition) is 2. The number of carbonyl (C=O) groups is 2. The molecule has 0 aliphatic carbocycles. The van der Waals surface area contributed by atoms with E-state index in [9.17, 15) is 18.0 Å². The average molecular weight is 392 g/mol. The third-order valence-electron chi connectivity index (χ3n) is 3.51. The van der Waals surface area contributed by atoms with Crippen molar-refractivity contribution in [3.05, 3.63) is 54.1 Å². The summed E-state index contributed by atoms with van der Waals surface area (Å²) in [5, 5.41) is 7.55. The number of rotatable bonds is 7. The van der Waals surface area contributed by atoms with Crippen molar-refractivity contribution in [1.29, 1.82) is 0 Å². The lowest BCUT2D eigenvalue weighted by Crippen LogP contribution is -2.30. The van der Waals surface area contributed by atoms with E-state index >= 15 is 0 Å². The molecule has 0 heterocycles. The second-order valence-corrected chi connectivity index (χ2v) is 7.10. The molecule has 1 amide bonds. The molecule has 0 fully saturated rings. The van der Waals surface area contributed by atoms with Crippen molar-refractivity contribution in [2.45, 2.75) is 24.8 Å². The van der Waals surface area contributed by atoms with E-state index in [4.69, 9.17) is 14.6 Å². The second-order valence-electron chi connectivity index (χ2n) is 5.54. The van der Waals surface area contributed by atoms with Gasteiger partial charge in [-0.05, 0) is 50.2 Å². The molecule has 8 nitrogen and oxygen atoms in total. The van der Waals surface area contributed by atoms with Crippen LogP contribution in [0.1, 0.15) is 24.2 Å². The third kappa shape index (κ3) is 5.53. The number of benzene rings is 2. The first-order chi connectivity index (χ1) is 12.7. The second kappa shape index (κ2) is 8.65. The first kappa shape index (κ1) is 20.4. The lowest BCUT2D eigenvalue weighted by atomic mass is 10.2. The lowest BCUT2D eigenvalue weighted by Gasteiger charge is -2.15. The van der Waals surface area contributed by atoms with Crippen LogP contribution in [0.3, 0.4) is 0 Å². The molecule has 0 aliphatic heterocycles. The molecule has 144 valence electrons. The van der Waals surface area contributed by atoms with Gasteiger partial charge < -0.3 is 14.8 Å². The topological polar surface area (TPSA) is 125 Å². The van der Waals surface area contributed by atoms with Gasteiger partial charge in [-0.25, -0.2) is 18.4 Å². The number of hydrogen-bond acceptors (Lipinski definition) is 6. The van der Waals surface area contributed by atoms with Gasteiger partial charge in [0.2, 0.25) is 10.0 Å². The Hall–Kier alpha value is -2.91. The van der Waals surface area contributed by atoms with Crippen LogP contribution in [0.5, 0.6) is 5.75 Å². The van der Waals surface area contributed by atoms with Crippen molar-refractivity contribution in [3.8, 4) is 5.75 Å². The van der Waals surface area contributed by atoms with Crippen molar-refractivity contribution in [2.24, 2.45) is 5.14 Å². The van der Waals surface area contributed by atoms with Crippen LogP contribution in [0.2, 0.25) is 0 Å². The van der Waals surface area contributed by atoms with E-state index in [-0.39, 0.29) is 10.5 Å². The van der Waals surface area contributed by atoms with Crippen molar-refractivity contribution < 1.29 is 27.5 Å². The number of para-hydroxylation sites is 1. The van der Waals surface area contributed by atoms with Crippen molar-refractivity contribution in [2.75, 3.05) is 11.9 Å². The van der Waals surface area contributed by atoms with Crippen molar-refractivity contribution >= 4 is 27.6 Å². The molecular formula is C18H20N2O6S. The smallest absolute Gasteiger partial charge is 0.342 e. The molecule has 9 heteroatoms. The highest BCUT2D eigenvalue weighted by Gasteiger charge is 2.21. The zero-order chi connectivity index (χ0) is 20.0. The molecule has 0 bridgehead atoms. The molecule has 0 saturated carbocycles. The predicted molar refractivity (Wildman–Crippen MR) is 98.9 cm³/mol. The van der Waals surface area contributed by atoms with Crippen LogP contribution in [-0.4, -0.2) is 33.0 Å². The van der Waals surface area contributed by atoms with Crippen LogP contribution in [0.4, 0.5) is 5.69 Å². The van der Waals surface area contributed by atoms with E-state index < -0.39 is 28.0 Å². The molecule has 0 aromatic heterocycles. The molecule has 3 N–H and O–H groups in total. The number of nitrogens with two attached hydrogens (primary N) is 1. The van der Waals surface area contributed by atoms with Crippen LogP contribution in [0.25, 0.3) is 0 Å². The van der Waals surface area contributed by atoms with Gasteiger partial charge in [-0.1, -0.05) is 12.1 Å². The van der Waals surface area contributed by atoms with E-state index in [2.05, 4.69) is 5.32 Å². The minimum atomic E-state index is -3.81. The van der Waals surface area contributed by atoms with E-state index in [1.165, 1.54) is 31.2 Å². The fraction of sp³-hybridized carbons (Fsp3) is 0.222. The summed E-state index contributed by atoms with van der Waals surface area (Å²) >= 11 is 0. The fourth-order valence-electron chi connectivity index (χ4n) is 2.17. The van der Waals surface area contributed by atoms with Gasteiger partial charge in [0, 0.05) is 5.69 Å². The Balaban J connectivity index is 2.02. The number of ether oxygens (including phenoxy) is 2. The lowest BCUT2D eigenvalue weighted by molar-refractivity contribution is -0.123. The van der Waals surface area contributed by atoms with Gasteiger partial charge in [0.1, 0.15) is 11.3 Å². The van der Waals surface area contributed by atoms with E-state index in [0.717, 1.165) is 0 Å². The molecule has 27 heavy (non-hydrogen) atoms. The number of sulfonamides is 1. The quantitative estimate of drug-likeness (QED) is 0.694. The van der Waals surface area contributed by atoms with Gasteiger partial charge in [0.05, 0.1) is 11.5 Å². The van der Waals surface area contributed by atoms with E-state index in [0.29, 0.717) is 18.0 Å². The molecule has 2 aromatic carbocycles. The molecule has 0 aliphatic rings. The molecule has 1 atom stereocenters. The fourth-order valence-corrected chi connectivity index (χ4v) is 2.68. The highest BCUT2D eigenvalue weighted by Crippen LogP contribution is 2.20. The van der Waals surface area contributed by atoms with Gasteiger partial charge in [0.25, 0.3) is 5.91 Å². The van der Waals surface area contributed by atoms with Crippen LogP contribution < -0.4 is 15.2 Å². The van der Waals surface area contributed by atoms with Crippen LogP contribution in [-0.2, 0) is 19.6 Å². The van der Waals surface area contributed by atoms with Gasteiger partial charge in [-0.3, -0.25) is 4.79 Å². The molecule has 0 saturated heterocycles. The zero-order valence-corrected chi connectivity index (χ0v) is 15.7. The summed E-state index contributed by atoms with van der Waals surface area (Å²) in [5.41, 5.74) is 0.557. The summed E-state index contributed by atoms with van der Waals surface area (Å²) in [5.74, 6) is -0.886. The number of anilines is 1. The van der Waals surface area contributed by atoms with E-state index in [1.54, 1.807) is 31.2 Å². The summed E-state index contributed by atoms with van der Waals surface area (Å²) in [6.45, 7) is 3.60. The Kier molecular flexibility index (Phi) is 6.54. The molecule has 2 rings (SSSR count). The first-order valence-corrected chi connectivity index (χ1v) is 9.63. The van der Waals surface area contributed by atoms with Gasteiger partial charge in [-0.2, -0.15) is 0 Å². The number of nitrogens with one attached hydrogen (secondary N) is 1.